The molecule has 0 spiro atoms. The minimum absolute atomic E-state index is 0.203. The first-order chi connectivity index (χ1) is 13.6. The van der Waals surface area contributed by atoms with E-state index in [0.29, 0.717) is 35.7 Å². The van der Waals surface area contributed by atoms with Crippen LogP contribution in [0.15, 0.2) is 48.5 Å². The molecule has 6 heteroatoms. The van der Waals surface area contributed by atoms with Gasteiger partial charge in [0, 0.05) is 12.6 Å². The number of carbonyl (C=O) groups is 2. The van der Waals surface area contributed by atoms with Crippen LogP contribution in [0.5, 0.6) is 11.5 Å². The number of para-hydroxylation sites is 1. The Balaban J connectivity index is 2.08. The Morgan fingerprint density at radius 3 is 2.50 bits per heavy atom. The highest BCUT2D eigenvalue weighted by Gasteiger charge is 2.21. The van der Waals surface area contributed by atoms with Gasteiger partial charge in [0.05, 0.1) is 18.4 Å². The summed E-state index contributed by atoms with van der Waals surface area (Å²) in [6, 6.07) is 14.1. The van der Waals surface area contributed by atoms with E-state index < -0.39 is 6.10 Å². The number of hydrogen-bond donors (Lipinski definition) is 2. The van der Waals surface area contributed by atoms with Crippen LogP contribution in [0.3, 0.4) is 0 Å². The lowest BCUT2D eigenvalue weighted by Gasteiger charge is -2.19. The van der Waals surface area contributed by atoms with E-state index in [2.05, 4.69) is 17.6 Å². The van der Waals surface area contributed by atoms with E-state index in [9.17, 15) is 9.59 Å². The van der Waals surface area contributed by atoms with Crippen molar-refractivity contribution < 1.29 is 19.1 Å². The fourth-order valence-corrected chi connectivity index (χ4v) is 2.64. The van der Waals surface area contributed by atoms with Crippen molar-refractivity contribution in [3.8, 4) is 11.5 Å². The first kappa shape index (κ1) is 21.3. The minimum Gasteiger partial charge on any atom is -0.497 e. The highest BCUT2D eigenvalue weighted by Crippen LogP contribution is 2.22. The van der Waals surface area contributed by atoms with Gasteiger partial charge in [-0.2, -0.15) is 0 Å². The minimum atomic E-state index is -0.691. The van der Waals surface area contributed by atoms with Crippen LogP contribution in [0.2, 0.25) is 0 Å². The van der Waals surface area contributed by atoms with E-state index in [1.165, 1.54) is 0 Å². The molecule has 0 heterocycles. The summed E-state index contributed by atoms with van der Waals surface area (Å²) in [5, 5.41) is 5.70. The average Bonchev–Trinajstić information content (AvgIpc) is 2.72. The zero-order chi connectivity index (χ0) is 20.4. The molecule has 2 aromatic rings. The molecular weight excluding hydrogens is 356 g/mol. The summed E-state index contributed by atoms with van der Waals surface area (Å²) >= 11 is 0. The average molecular weight is 384 g/mol. The number of ether oxygens (including phenoxy) is 2. The van der Waals surface area contributed by atoms with Crippen LogP contribution in [0, 0.1) is 0 Å². The van der Waals surface area contributed by atoms with Gasteiger partial charge in [-0.3, -0.25) is 9.59 Å². The van der Waals surface area contributed by atoms with Crippen molar-refractivity contribution in [2.24, 2.45) is 0 Å². The van der Waals surface area contributed by atoms with Crippen LogP contribution < -0.4 is 20.1 Å². The van der Waals surface area contributed by atoms with Crippen LogP contribution in [0.1, 0.15) is 43.5 Å². The van der Waals surface area contributed by atoms with Gasteiger partial charge in [-0.15, -0.1) is 0 Å². The van der Waals surface area contributed by atoms with E-state index in [-0.39, 0.29) is 11.8 Å². The molecule has 2 amide bonds. The molecule has 150 valence electrons. The lowest BCUT2D eigenvalue weighted by Crippen LogP contribution is -2.33. The molecule has 28 heavy (non-hydrogen) atoms. The van der Waals surface area contributed by atoms with Crippen LogP contribution in [-0.2, 0) is 4.79 Å². The van der Waals surface area contributed by atoms with Crippen LogP contribution in [-0.4, -0.2) is 31.6 Å². The van der Waals surface area contributed by atoms with E-state index in [4.69, 9.17) is 9.47 Å². The Kier molecular flexibility index (Phi) is 8.34. The van der Waals surface area contributed by atoms with Crippen molar-refractivity contribution in [1.82, 2.24) is 5.32 Å². The Bertz CT molecular complexity index is 792. The van der Waals surface area contributed by atoms with Gasteiger partial charge in [-0.25, -0.2) is 0 Å². The van der Waals surface area contributed by atoms with Crippen LogP contribution >= 0.6 is 0 Å². The van der Waals surface area contributed by atoms with Crippen molar-refractivity contribution in [1.29, 1.82) is 0 Å². The van der Waals surface area contributed by atoms with Gasteiger partial charge >= 0.3 is 0 Å². The number of carbonyl (C=O) groups excluding carboxylic acids is 2. The quantitative estimate of drug-likeness (QED) is 0.607. The van der Waals surface area contributed by atoms with Crippen LogP contribution in [0.4, 0.5) is 5.69 Å². The third-order valence-corrected chi connectivity index (χ3v) is 4.23. The van der Waals surface area contributed by atoms with Gasteiger partial charge in [-0.1, -0.05) is 38.5 Å². The Labute approximate surface area is 166 Å². The van der Waals surface area contributed by atoms with Gasteiger partial charge < -0.3 is 20.1 Å². The van der Waals surface area contributed by atoms with Gasteiger partial charge in [0.15, 0.2) is 6.10 Å². The highest BCUT2D eigenvalue weighted by molar-refractivity contribution is 6.04. The first-order valence-corrected chi connectivity index (χ1v) is 9.57. The van der Waals surface area contributed by atoms with Gasteiger partial charge in [0.1, 0.15) is 11.5 Å². The number of methoxy groups -OCH3 is 1. The van der Waals surface area contributed by atoms with Crippen molar-refractivity contribution in [3.05, 3.63) is 54.1 Å². The standard InChI is InChI=1S/C22H28N2O4/c1-4-6-14-23-21(25)18-12-7-8-13-19(18)24-22(26)20(5-2)28-17-11-9-10-16(15-17)27-3/h7-13,15,20H,4-6,14H2,1-3H3,(H,23,25)(H,24,26)/t20-/m0/s1. The number of anilines is 1. The molecular formula is C22H28N2O4. The SMILES string of the molecule is CCCCNC(=O)c1ccccc1NC(=O)[C@H](CC)Oc1cccc(OC)c1. The zero-order valence-electron chi connectivity index (χ0n) is 16.7. The first-order valence-electron chi connectivity index (χ1n) is 9.57. The van der Waals surface area contributed by atoms with Crippen molar-refractivity contribution in [3.63, 3.8) is 0 Å². The van der Waals surface area contributed by atoms with Gasteiger partial charge in [0.2, 0.25) is 0 Å². The molecule has 2 N–H and O–H groups in total. The molecule has 0 aliphatic rings. The number of unbranched alkanes of at least 4 members (excludes halogenated alkanes) is 1. The number of rotatable bonds is 10. The van der Waals surface area contributed by atoms with Crippen LogP contribution in [0.25, 0.3) is 0 Å². The third kappa shape index (κ3) is 6.01. The molecule has 0 aliphatic heterocycles. The molecule has 0 aliphatic carbocycles. The molecule has 2 rings (SSSR count). The molecule has 2 aromatic carbocycles. The number of hydrogen-bond acceptors (Lipinski definition) is 4. The largest absolute Gasteiger partial charge is 0.497 e. The fraction of sp³-hybridized carbons (Fsp3) is 0.364. The summed E-state index contributed by atoms with van der Waals surface area (Å²) in [7, 11) is 1.58. The zero-order valence-corrected chi connectivity index (χ0v) is 16.7. The second kappa shape index (κ2) is 11.0. The lowest BCUT2D eigenvalue weighted by molar-refractivity contribution is -0.122. The molecule has 0 bridgehead atoms. The molecule has 0 radical (unpaired) electrons. The predicted molar refractivity (Wildman–Crippen MR) is 110 cm³/mol. The van der Waals surface area contributed by atoms with Gasteiger partial charge in [0.25, 0.3) is 11.8 Å². The molecule has 0 fully saturated rings. The van der Waals surface area contributed by atoms with Crippen molar-refractivity contribution in [2.45, 2.75) is 39.2 Å². The number of benzene rings is 2. The maximum absolute atomic E-state index is 12.7. The van der Waals surface area contributed by atoms with E-state index >= 15 is 0 Å². The normalized spacial score (nSPS) is 11.4. The Morgan fingerprint density at radius 1 is 1.04 bits per heavy atom. The topological polar surface area (TPSA) is 76.7 Å². The fourth-order valence-electron chi connectivity index (χ4n) is 2.64. The Hall–Kier alpha value is -3.02. The van der Waals surface area contributed by atoms with Crippen molar-refractivity contribution in [2.75, 3.05) is 19.0 Å². The molecule has 0 aromatic heterocycles. The molecule has 1 atom stereocenters. The Morgan fingerprint density at radius 2 is 1.79 bits per heavy atom. The summed E-state index contributed by atoms with van der Waals surface area (Å²) < 4.78 is 11.0. The summed E-state index contributed by atoms with van der Waals surface area (Å²) in [6.45, 7) is 4.54. The lowest BCUT2D eigenvalue weighted by atomic mass is 10.1. The summed E-state index contributed by atoms with van der Waals surface area (Å²) in [5.74, 6) is 0.694. The molecule has 0 unspecified atom stereocenters. The second-order valence-corrected chi connectivity index (χ2v) is 6.34. The molecule has 6 nitrogen and oxygen atoms in total. The third-order valence-electron chi connectivity index (χ3n) is 4.23. The molecule has 0 saturated carbocycles. The smallest absolute Gasteiger partial charge is 0.265 e. The summed E-state index contributed by atoms with van der Waals surface area (Å²) in [5.41, 5.74) is 0.900. The predicted octanol–water partition coefficient (Wildman–Crippen LogP) is 4.02. The maximum atomic E-state index is 12.7. The van der Waals surface area contributed by atoms with E-state index in [0.717, 1.165) is 12.8 Å². The summed E-state index contributed by atoms with van der Waals surface area (Å²) in [6.07, 6.45) is 1.70. The van der Waals surface area contributed by atoms with Crippen molar-refractivity contribution >= 4 is 17.5 Å². The van der Waals surface area contributed by atoms with E-state index in [1.807, 2.05) is 6.92 Å². The molecule has 0 saturated heterocycles. The second-order valence-electron chi connectivity index (χ2n) is 6.34. The highest BCUT2D eigenvalue weighted by atomic mass is 16.5. The van der Waals surface area contributed by atoms with Gasteiger partial charge in [-0.05, 0) is 37.1 Å². The van der Waals surface area contributed by atoms with E-state index in [1.54, 1.807) is 55.6 Å². The number of nitrogens with one attached hydrogen (secondary N) is 2. The maximum Gasteiger partial charge on any atom is 0.265 e. The monoisotopic (exact) mass is 384 g/mol. The number of amides is 2. The summed E-state index contributed by atoms with van der Waals surface area (Å²) in [4.78, 5) is 25.2.